The molecule has 0 aliphatic carbocycles. The van der Waals surface area contributed by atoms with E-state index in [-0.39, 0.29) is 26.2 Å². The average Bonchev–Trinajstić information content (AvgIpc) is 2.64. The van der Waals surface area contributed by atoms with E-state index < -0.39 is 55.3 Å². The van der Waals surface area contributed by atoms with Crippen molar-refractivity contribution in [2.45, 2.75) is 20.3 Å². The van der Waals surface area contributed by atoms with Crippen LogP contribution >= 0.6 is 23.2 Å². The number of carbonyl (C=O) groups excluding carboxylic acids is 2. The predicted molar refractivity (Wildman–Crippen MR) is 104 cm³/mol. The van der Waals surface area contributed by atoms with Gasteiger partial charge in [0.2, 0.25) is 0 Å². The van der Waals surface area contributed by atoms with Crippen LogP contribution in [0.3, 0.4) is 0 Å². The number of aliphatic imine (C=N–C) groups is 1. The summed E-state index contributed by atoms with van der Waals surface area (Å²) in [6.07, 6.45) is 0.796. The van der Waals surface area contributed by atoms with Gasteiger partial charge in [0.25, 0.3) is 0 Å². The van der Waals surface area contributed by atoms with E-state index in [0.717, 1.165) is 6.21 Å². The number of ether oxygens (including phenoxy) is 2. The van der Waals surface area contributed by atoms with Crippen molar-refractivity contribution < 1.29 is 33.5 Å². The second-order valence-electron chi connectivity index (χ2n) is 5.21. The van der Waals surface area contributed by atoms with Gasteiger partial charge in [-0.3, -0.25) is 19.9 Å². The molecule has 0 aromatic heterocycles. The van der Waals surface area contributed by atoms with Crippen LogP contribution < -0.4 is 0 Å². The lowest BCUT2D eigenvalue weighted by Gasteiger charge is -2.10. The fourth-order valence-corrected chi connectivity index (χ4v) is 2.61. The van der Waals surface area contributed by atoms with Gasteiger partial charge in [0.05, 0.1) is 24.6 Å². The van der Waals surface area contributed by atoms with Gasteiger partial charge in [-0.25, -0.2) is 9.18 Å². The molecular formula is C17H17Cl2FN2O7. The highest BCUT2D eigenvalue weighted by Gasteiger charge is 2.28. The first-order valence-corrected chi connectivity index (χ1v) is 8.99. The molecule has 1 aromatic carbocycles. The summed E-state index contributed by atoms with van der Waals surface area (Å²) in [6, 6.07) is 0.638. The molecule has 0 radical (unpaired) electrons. The molecule has 0 bridgehead atoms. The van der Waals surface area contributed by atoms with Crippen molar-refractivity contribution >= 4 is 52.8 Å². The van der Waals surface area contributed by atoms with E-state index in [1.807, 2.05) is 0 Å². The van der Waals surface area contributed by atoms with Gasteiger partial charge in [0, 0.05) is 18.3 Å². The monoisotopic (exact) mass is 450 g/mol. The van der Waals surface area contributed by atoms with Gasteiger partial charge < -0.3 is 14.6 Å². The topological polar surface area (TPSA) is 128 Å². The molecule has 0 amide bonds. The Morgan fingerprint density at radius 1 is 1.28 bits per heavy atom. The third-order valence-corrected chi connectivity index (χ3v) is 4.03. The van der Waals surface area contributed by atoms with Crippen LogP contribution in [0.1, 0.15) is 25.8 Å². The van der Waals surface area contributed by atoms with E-state index in [1.165, 1.54) is 6.92 Å². The lowest BCUT2D eigenvalue weighted by molar-refractivity contribution is -0.384. The zero-order valence-electron chi connectivity index (χ0n) is 15.4. The van der Waals surface area contributed by atoms with Crippen LogP contribution in [0.4, 0.5) is 10.1 Å². The Balaban J connectivity index is 3.41. The lowest BCUT2D eigenvalue weighted by Crippen LogP contribution is -2.12. The van der Waals surface area contributed by atoms with E-state index >= 15 is 0 Å². The van der Waals surface area contributed by atoms with Gasteiger partial charge in [-0.1, -0.05) is 23.2 Å². The van der Waals surface area contributed by atoms with Crippen LogP contribution in [0.25, 0.3) is 5.76 Å². The second kappa shape index (κ2) is 11.3. The van der Waals surface area contributed by atoms with E-state index in [9.17, 15) is 29.2 Å². The van der Waals surface area contributed by atoms with Crippen LogP contribution in [-0.2, 0) is 19.1 Å². The van der Waals surface area contributed by atoms with Crippen molar-refractivity contribution in [3.05, 3.63) is 43.2 Å². The quantitative estimate of drug-likeness (QED) is 0.115. The van der Waals surface area contributed by atoms with Gasteiger partial charge in [0.1, 0.15) is 22.2 Å². The fraction of sp³-hybridized carbons (Fsp3) is 0.353. The third-order valence-electron chi connectivity index (χ3n) is 3.29. The number of carbonyl (C=O) groups is 2. The Kier molecular flexibility index (Phi) is 9.49. The van der Waals surface area contributed by atoms with Crippen LogP contribution in [-0.4, -0.2) is 47.9 Å². The Bertz CT molecular complexity index is 872. The maximum absolute atomic E-state index is 14.0. The van der Waals surface area contributed by atoms with Crippen LogP contribution in [0.15, 0.2) is 16.6 Å². The molecule has 1 rings (SSSR count). The molecular weight excluding hydrogens is 434 g/mol. The van der Waals surface area contributed by atoms with Gasteiger partial charge in [-0.2, -0.15) is 0 Å². The fourth-order valence-electron chi connectivity index (χ4n) is 2.03. The molecule has 0 atom stereocenters. The van der Waals surface area contributed by atoms with Crippen LogP contribution in [0.2, 0.25) is 10.0 Å². The number of aliphatic hydroxyl groups is 1. The number of nitro groups is 1. The average molecular weight is 451 g/mol. The Labute approximate surface area is 174 Å². The van der Waals surface area contributed by atoms with Crippen molar-refractivity contribution in [2.75, 3.05) is 19.8 Å². The molecule has 0 aliphatic heterocycles. The summed E-state index contributed by atoms with van der Waals surface area (Å²) in [5.41, 5.74) is -2.08. The number of nitro benzene ring substituents is 1. The summed E-state index contributed by atoms with van der Waals surface area (Å²) in [5.74, 6) is -3.70. The molecule has 0 saturated carbocycles. The largest absolute Gasteiger partial charge is 0.506 e. The molecule has 0 fully saturated rings. The number of benzene rings is 1. The number of nitrogens with zero attached hydrogens (tertiary/aromatic N) is 2. The summed E-state index contributed by atoms with van der Waals surface area (Å²) in [6.45, 7) is 3.18. The molecule has 0 heterocycles. The van der Waals surface area contributed by atoms with E-state index in [2.05, 4.69) is 4.99 Å². The normalized spacial score (nSPS) is 11.9. The molecule has 0 aliphatic rings. The molecule has 12 heteroatoms. The van der Waals surface area contributed by atoms with Crippen molar-refractivity contribution in [1.82, 2.24) is 0 Å². The second-order valence-corrected chi connectivity index (χ2v) is 5.97. The molecule has 0 saturated heterocycles. The highest BCUT2D eigenvalue weighted by molar-refractivity contribution is 6.39. The molecule has 158 valence electrons. The molecule has 9 nitrogen and oxygen atoms in total. The highest BCUT2D eigenvalue weighted by Crippen LogP contribution is 2.39. The molecule has 1 aromatic rings. The van der Waals surface area contributed by atoms with Gasteiger partial charge in [-0.05, 0) is 19.9 Å². The zero-order valence-corrected chi connectivity index (χ0v) is 16.9. The van der Waals surface area contributed by atoms with Crippen molar-refractivity contribution in [3.8, 4) is 0 Å². The van der Waals surface area contributed by atoms with Gasteiger partial charge in [-0.15, -0.1) is 0 Å². The van der Waals surface area contributed by atoms with Crippen molar-refractivity contribution in [1.29, 1.82) is 0 Å². The standard InChI is InChI=1S/C17H17Cl2FN2O7/c1-3-28-12(23)5-6-21-8-10(17(25)29-4-2)16(24)9-7-11(20)14(19)15(13(9)18)22(26)27/h7-8,24H,3-6H2,1-2H3. The maximum atomic E-state index is 14.0. The van der Waals surface area contributed by atoms with E-state index in [0.29, 0.717) is 6.07 Å². The first kappa shape index (κ1) is 24.3. The van der Waals surface area contributed by atoms with Crippen LogP contribution in [0, 0.1) is 15.9 Å². The van der Waals surface area contributed by atoms with Gasteiger partial charge >= 0.3 is 17.6 Å². The first-order valence-electron chi connectivity index (χ1n) is 8.23. The number of halogens is 3. The Morgan fingerprint density at radius 3 is 2.45 bits per heavy atom. The number of aliphatic hydroxyl groups excluding tert-OH is 1. The predicted octanol–water partition coefficient (Wildman–Crippen LogP) is 3.90. The summed E-state index contributed by atoms with van der Waals surface area (Å²) in [5, 5.41) is 20.0. The summed E-state index contributed by atoms with van der Waals surface area (Å²) in [7, 11) is 0. The number of rotatable bonds is 9. The summed E-state index contributed by atoms with van der Waals surface area (Å²) < 4.78 is 23.5. The highest BCUT2D eigenvalue weighted by atomic mass is 35.5. The summed E-state index contributed by atoms with van der Waals surface area (Å²) >= 11 is 11.5. The lowest BCUT2D eigenvalue weighted by atomic mass is 10.1. The van der Waals surface area contributed by atoms with Crippen molar-refractivity contribution in [2.24, 2.45) is 4.99 Å². The maximum Gasteiger partial charge on any atom is 0.343 e. The van der Waals surface area contributed by atoms with Crippen LogP contribution in [0.5, 0.6) is 0 Å². The minimum atomic E-state index is -1.23. The van der Waals surface area contributed by atoms with E-state index in [1.54, 1.807) is 6.92 Å². The molecule has 0 unspecified atom stereocenters. The number of esters is 2. The molecule has 1 N–H and O–H groups in total. The third kappa shape index (κ3) is 6.40. The minimum absolute atomic E-state index is 0.0604. The Morgan fingerprint density at radius 2 is 1.90 bits per heavy atom. The molecule has 29 heavy (non-hydrogen) atoms. The molecule has 0 spiro atoms. The minimum Gasteiger partial charge on any atom is -0.506 e. The first-order chi connectivity index (χ1) is 13.6. The number of hydrogen-bond acceptors (Lipinski definition) is 8. The summed E-state index contributed by atoms with van der Waals surface area (Å²) in [4.78, 5) is 37.4. The number of hydrogen-bond donors (Lipinski definition) is 1. The zero-order chi connectivity index (χ0) is 22.1. The van der Waals surface area contributed by atoms with Crippen molar-refractivity contribution in [3.63, 3.8) is 0 Å². The smallest absolute Gasteiger partial charge is 0.343 e. The Hall–Kier alpha value is -2.72. The van der Waals surface area contributed by atoms with E-state index in [4.69, 9.17) is 32.7 Å². The van der Waals surface area contributed by atoms with Gasteiger partial charge in [0.15, 0.2) is 5.02 Å². The SMILES string of the molecule is CCOC(=O)CCN=CC(C(=O)OCC)=C(O)c1cc(F)c(Cl)c([N+](=O)[O-])c1Cl.